The predicted molar refractivity (Wildman–Crippen MR) is 77.7 cm³/mol. The Labute approximate surface area is 114 Å². The zero-order valence-corrected chi connectivity index (χ0v) is 11.6. The average Bonchev–Trinajstić information content (AvgIpc) is 2.43. The molecule has 0 N–H and O–H groups in total. The van der Waals surface area contributed by atoms with Crippen LogP contribution in [0.4, 0.5) is 0 Å². The van der Waals surface area contributed by atoms with Crippen LogP contribution in [0.15, 0.2) is 30.3 Å². The van der Waals surface area contributed by atoms with Gasteiger partial charge >= 0.3 is 0 Å². The number of nitriles is 1. The zero-order chi connectivity index (χ0) is 13.7. The summed E-state index contributed by atoms with van der Waals surface area (Å²) in [5, 5.41) is 9.92. The fourth-order valence-corrected chi connectivity index (χ4v) is 2.32. The second kappa shape index (κ2) is 6.31. The van der Waals surface area contributed by atoms with Gasteiger partial charge < -0.3 is 0 Å². The standard InChI is InChI=1S/C16H19N3/c1-3-19(10-6-9-17)12-14-11-13(2)18-16-8-5-4-7-15(14)16/h4-5,7-8,11H,3,6,10,12H2,1-2H3. The number of hydrogen-bond acceptors (Lipinski definition) is 3. The van der Waals surface area contributed by atoms with Crippen molar-refractivity contribution in [1.82, 2.24) is 9.88 Å². The molecule has 98 valence electrons. The van der Waals surface area contributed by atoms with Crippen LogP contribution in [0.3, 0.4) is 0 Å². The lowest BCUT2D eigenvalue weighted by Gasteiger charge is -2.20. The fraction of sp³-hybridized carbons (Fsp3) is 0.375. The highest BCUT2D eigenvalue weighted by molar-refractivity contribution is 5.82. The second-order valence-corrected chi connectivity index (χ2v) is 4.72. The highest BCUT2D eigenvalue weighted by Crippen LogP contribution is 2.19. The van der Waals surface area contributed by atoms with Crippen molar-refractivity contribution in [3.63, 3.8) is 0 Å². The zero-order valence-electron chi connectivity index (χ0n) is 11.6. The Balaban J connectivity index is 2.31. The van der Waals surface area contributed by atoms with E-state index in [1.54, 1.807) is 0 Å². The summed E-state index contributed by atoms with van der Waals surface area (Å²) < 4.78 is 0. The topological polar surface area (TPSA) is 39.9 Å². The lowest BCUT2D eigenvalue weighted by atomic mass is 10.1. The number of rotatable bonds is 5. The molecule has 0 saturated heterocycles. The van der Waals surface area contributed by atoms with Crippen molar-refractivity contribution in [1.29, 1.82) is 5.26 Å². The molecule has 3 heteroatoms. The second-order valence-electron chi connectivity index (χ2n) is 4.72. The normalized spacial score (nSPS) is 10.8. The maximum atomic E-state index is 8.71. The molecule has 0 amide bonds. The third kappa shape index (κ3) is 3.30. The molecule has 0 saturated carbocycles. The van der Waals surface area contributed by atoms with Crippen LogP contribution in [0.2, 0.25) is 0 Å². The minimum Gasteiger partial charge on any atom is -0.298 e. The molecule has 0 fully saturated rings. The molecule has 0 radical (unpaired) electrons. The quantitative estimate of drug-likeness (QED) is 0.821. The molecule has 2 rings (SSSR count). The molecule has 1 heterocycles. The molecule has 0 unspecified atom stereocenters. The van der Waals surface area contributed by atoms with Gasteiger partial charge in [0.25, 0.3) is 0 Å². The van der Waals surface area contributed by atoms with Crippen molar-refractivity contribution in [2.45, 2.75) is 26.8 Å². The number of hydrogen-bond donors (Lipinski definition) is 0. The summed E-state index contributed by atoms with van der Waals surface area (Å²) >= 11 is 0. The summed E-state index contributed by atoms with van der Waals surface area (Å²) in [6.07, 6.45) is 0.579. The van der Waals surface area contributed by atoms with Gasteiger partial charge in [-0.05, 0) is 31.2 Å². The van der Waals surface area contributed by atoms with Gasteiger partial charge in [-0.3, -0.25) is 9.88 Å². The minimum atomic E-state index is 0.579. The molecule has 0 spiro atoms. The predicted octanol–water partition coefficient (Wildman–Crippen LogP) is 3.28. The molecule has 0 atom stereocenters. The van der Waals surface area contributed by atoms with Crippen molar-refractivity contribution >= 4 is 10.9 Å². The molecule has 2 aromatic rings. The van der Waals surface area contributed by atoms with E-state index in [2.05, 4.69) is 47.1 Å². The van der Waals surface area contributed by atoms with E-state index < -0.39 is 0 Å². The number of aromatic nitrogens is 1. The Morgan fingerprint density at radius 3 is 2.84 bits per heavy atom. The van der Waals surface area contributed by atoms with Gasteiger partial charge in [-0.2, -0.15) is 5.26 Å². The van der Waals surface area contributed by atoms with E-state index in [-0.39, 0.29) is 0 Å². The molecular formula is C16H19N3. The summed E-state index contributed by atoms with van der Waals surface area (Å²) in [6, 6.07) is 12.6. The van der Waals surface area contributed by atoms with Gasteiger partial charge in [-0.15, -0.1) is 0 Å². The largest absolute Gasteiger partial charge is 0.298 e. The van der Waals surface area contributed by atoms with Crippen LogP contribution in [-0.2, 0) is 6.54 Å². The number of aryl methyl sites for hydroxylation is 1. The van der Waals surface area contributed by atoms with Crippen LogP contribution >= 0.6 is 0 Å². The highest BCUT2D eigenvalue weighted by atomic mass is 15.1. The molecule has 19 heavy (non-hydrogen) atoms. The van der Waals surface area contributed by atoms with Crippen LogP contribution in [0.25, 0.3) is 10.9 Å². The molecule has 1 aromatic carbocycles. The summed E-state index contributed by atoms with van der Waals surface area (Å²) in [6.45, 7) is 6.82. The molecule has 0 aliphatic rings. The Morgan fingerprint density at radius 2 is 2.11 bits per heavy atom. The first-order valence-corrected chi connectivity index (χ1v) is 6.69. The van der Waals surface area contributed by atoms with Crippen molar-refractivity contribution in [2.75, 3.05) is 13.1 Å². The van der Waals surface area contributed by atoms with E-state index in [1.807, 2.05) is 13.0 Å². The average molecular weight is 253 g/mol. The maximum absolute atomic E-state index is 8.71. The molecule has 0 aliphatic carbocycles. The number of pyridine rings is 1. The van der Waals surface area contributed by atoms with Crippen LogP contribution in [0.1, 0.15) is 24.6 Å². The third-order valence-electron chi connectivity index (χ3n) is 3.31. The van der Waals surface area contributed by atoms with Gasteiger partial charge in [0.15, 0.2) is 0 Å². The third-order valence-corrected chi connectivity index (χ3v) is 3.31. The summed E-state index contributed by atoms with van der Waals surface area (Å²) in [5.41, 5.74) is 3.39. The summed E-state index contributed by atoms with van der Waals surface area (Å²) in [4.78, 5) is 6.86. The highest BCUT2D eigenvalue weighted by Gasteiger charge is 2.08. The molecule has 0 aliphatic heterocycles. The van der Waals surface area contributed by atoms with E-state index in [0.717, 1.165) is 30.8 Å². The molecule has 1 aromatic heterocycles. The van der Waals surface area contributed by atoms with Crippen LogP contribution in [0.5, 0.6) is 0 Å². The van der Waals surface area contributed by atoms with E-state index >= 15 is 0 Å². The minimum absolute atomic E-state index is 0.579. The van der Waals surface area contributed by atoms with Crippen molar-refractivity contribution < 1.29 is 0 Å². The summed E-state index contributed by atoms with van der Waals surface area (Å²) in [5.74, 6) is 0. The number of benzene rings is 1. The lowest BCUT2D eigenvalue weighted by molar-refractivity contribution is 0.287. The number of fused-ring (bicyclic) bond motifs is 1. The van der Waals surface area contributed by atoms with Crippen LogP contribution in [0, 0.1) is 18.3 Å². The molecule has 3 nitrogen and oxygen atoms in total. The number of para-hydroxylation sites is 1. The van der Waals surface area contributed by atoms with Gasteiger partial charge in [-0.1, -0.05) is 25.1 Å². The first-order valence-electron chi connectivity index (χ1n) is 6.69. The monoisotopic (exact) mass is 253 g/mol. The Kier molecular flexibility index (Phi) is 4.48. The smallest absolute Gasteiger partial charge is 0.0708 e. The van der Waals surface area contributed by atoms with Crippen molar-refractivity contribution in [3.8, 4) is 6.07 Å². The van der Waals surface area contributed by atoms with Gasteiger partial charge in [0.1, 0.15) is 0 Å². The first-order chi connectivity index (χ1) is 9.24. The van der Waals surface area contributed by atoms with Crippen LogP contribution < -0.4 is 0 Å². The van der Waals surface area contributed by atoms with E-state index in [0.29, 0.717) is 6.42 Å². The lowest BCUT2D eigenvalue weighted by Crippen LogP contribution is -2.24. The van der Waals surface area contributed by atoms with E-state index in [1.165, 1.54) is 10.9 Å². The number of nitrogens with zero attached hydrogens (tertiary/aromatic N) is 3. The van der Waals surface area contributed by atoms with Gasteiger partial charge in [0.2, 0.25) is 0 Å². The van der Waals surface area contributed by atoms with Crippen LogP contribution in [-0.4, -0.2) is 23.0 Å². The first kappa shape index (κ1) is 13.5. The molecular weight excluding hydrogens is 234 g/mol. The SMILES string of the molecule is CCN(CCC#N)Cc1cc(C)nc2ccccc12. The Morgan fingerprint density at radius 1 is 1.32 bits per heavy atom. The van der Waals surface area contributed by atoms with Gasteiger partial charge in [0, 0.05) is 30.6 Å². The van der Waals surface area contributed by atoms with E-state index in [4.69, 9.17) is 5.26 Å². The van der Waals surface area contributed by atoms with Gasteiger partial charge in [-0.25, -0.2) is 0 Å². The van der Waals surface area contributed by atoms with Crippen molar-refractivity contribution in [3.05, 3.63) is 41.6 Å². The summed E-state index contributed by atoms with van der Waals surface area (Å²) in [7, 11) is 0. The maximum Gasteiger partial charge on any atom is 0.0708 e. The Hall–Kier alpha value is -1.92. The fourth-order valence-electron chi connectivity index (χ4n) is 2.32. The molecule has 0 bridgehead atoms. The van der Waals surface area contributed by atoms with Crippen molar-refractivity contribution in [2.24, 2.45) is 0 Å². The van der Waals surface area contributed by atoms with Gasteiger partial charge in [0.05, 0.1) is 11.6 Å². The Bertz CT molecular complexity index is 598. The van der Waals surface area contributed by atoms with E-state index in [9.17, 15) is 0 Å².